The van der Waals surface area contributed by atoms with Crippen molar-refractivity contribution in [3.8, 4) is 30.4 Å². The topological polar surface area (TPSA) is 177 Å². The zero-order valence-corrected chi connectivity index (χ0v) is 29.1. The second kappa shape index (κ2) is 22.0. The molecular weight excluding hydrogens is 654 g/mol. The molecule has 2 amide bonds. The third-order valence-corrected chi connectivity index (χ3v) is 8.79. The number of benzene rings is 1. The fourth-order valence-electron chi connectivity index (χ4n) is 6.04. The molecule has 51 heavy (non-hydrogen) atoms. The molecule has 274 valence electrons. The summed E-state index contributed by atoms with van der Waals surface area (Å²) in [6, 6.07) is 10.0. The first-order valence-corrected chi connectivity index (χ1v) is 17.2. The molecule has 0 radical (unpaired) electrons. The third kappa shape index (κ3) is 14.1. The van der Waals surface area contributed by atoms with Gasteiger partial charge < -0.3 is 40.2 Å². The number of amides is 2. The van der Waals surface area contributed by atoms with Crippen molar-refractivity contribution in [1.29, 1.82) is 0 Å². The van der Waals surface area contributed by atoms with Crippen LogP contribution in [0.1, 0.15) is 73.8 Å². The molecule has 1 aliphatic rings. The number of hydrogen-bond acceptors (Lipinski definition) is 10. The van der Waals surface area contributed by atoms with E-state index in [1.54, 1.807) is 6.92 Å². The average Bonchev–Trinajstić information content (AvgIpc) is 3.40. The SMILES string of the molecule is C#CCNC(=O)OCc1cnc(C)c(OC(=O)CCC/C=C\C[C@@H]2[C@@H](CC[C@@H](O)CCc3ccccc3)[C@H](O)C[C@@H]2O)c1COC(=O)NCC#C. The molecule has 0 spiro atoms. The number of rotatable bonds is 19. The van der Waals surface area contributed by atoms with Crippen molar-refractivity contribution in [2.75, 3.05) is 13.1 Å². The second-order valence-electron chi connectivity index (χ2n) is 12.5. The summed E-state index contributed by atoms with van der Waals surface area (Å²) in [6.07, 6.45) is 17.1. The summed E-state index contributed by atoms with van der Waals surface area (Å²) in [5.74, 6) is 3.87. The van der Waals surface area contributed by atoms with Gasteiger partial charge in [0.15, 0.2) is 5.75 Å². The van der Waals surface area contributed by atoms with Crippen molar-refractivity contribution < 1.29 is 43.9 Å². The smallest absolute Gasteiger partial charge is 0.408 e. The lowest BCUT2D eigenvalue weighted by atomic mass is 9.85. The average molecular weight is 704 g/mol. The first-order valence-electron chi connectivity index (χ1n) is 17.2. The van der Waals surface area contributed by atoms with Gasteiger partial charge in [0.1, 0.15) is 13.2 Å². The normalized spacial score (nSPS) is 18.7. The van der Waals surface area contributed by atoms with Gasteiger partial charge in [-0.05, 0) is 75.7 Å². The van der Waals surface area contributed by atoms with Crippen LogP contribution < -0.4 is 15.4 Å². The number of allylic oxidation sites excluding steroid dienone is 2. The van der Waals surface area contributed by atoms with Gasteiger partial charge in [-0.2, -0.15) is 0 Å². The molecule has 0 unspecified atom stereocenters. The molecule has 0 saturated heterocycles. The molecule has 5 atom stereocenters. The van der Waals surface area contributed by atoms with E-state index in [9.17, 15) is 29.7 Å². The summed E-state index contributed by atoms with van der Waals surface area (Å²) in [5.41, 5.74) is 2.19. The van der Waals surface area contributed by atoms with Gasteiger partial charge >= 0.3 is 18.2 Å². The Kier molecular flexibility index (Phi) is 17.5. The number of unbranched alkanes of at least 4 members (excludes halogenated alkanes) is 1. The number of carbonyl (C=O) groups is 3. The largest absolute Gasteiger partial charge is 0.445 e. The number of aryl methyl sites for hydroxylation is 2. The first-order chi connectivity index (χ1) is 24.6. The number of terminal acetylenes is 2. The Morgan fingerprint density at radius 1 is 0.980 bits per heavy atom. The highest BCUT2D eigenvalue weighted by atomic mass is 16.6. The Morgan fingerprint density at radius 3 is 2.33 bits per heavy atom. The van der Waals surface area contributed by atoms with E-state index < -0.39 is 36.5 Å². The van der Waals surface area contributed by atoms with Crippen molar-refractivity contribution in [2.24, 2.45) is 11.8 Å². The van der Waals surface area contributed by atoms with Gasteiger partial charge in [0.25, 0.3) is 0 Å². The first kappa shape index (κ1) is 40.5. The highest BCUT2D eigenvalue weighted by Crippen LogP contribution is 2.38. The van der Waals surface area contributed by atoms with Gasteiger partial charge in [-0.3, -0.25) is 9.78 Å². The van der Waals surface area contributed by atoms with Crippen molar-refractivity contribution in [1.82, 2.24) is 15.6 Å². The van der Waals surface area contributed by atoms with E-state index in [0.29, 0.717) is 61.8 Å². The molecule has 2 aromatic rings. The van der Waals surface area contributed by atoms with E-state index >= 15 is 0 Å². The van der Waals surface area contributed by atoms with Crippen LogP contribution >= 0.6 is 0 Å². The molecule has 1 aliphatic carbocycles. The van der Waals surface area contributed by atoms with Crippen LogP contribution in [0.5, 0.6) is 5.75 Å². The van der Waals surface area contributed by atoms with Gasteiger partial charge in [-0.25, -0.2) is 9.59 Å². The highest BCUT2D eigenvalue weighted by Gasteiger charge is 2.40. The van der Waals surface area contributed by atoms with Crippen LogP contribution in [-0.4, -0.2) is 69.9 Å². The predicted molar refractivity (Wildman–Crippen MR) is 190 cm³/mol. The van der Waals surface area contributed by atoms with E-state index in [4.69, 9.17) is 27.1 Å². The lowest BCUT2D eigenvalue weighted by Crippen LogP contribution is -2.26. The molecule has 1 heterocycles. The van der Waals surface area contributed by atoms with E-state index in [0.717, 1.165) is 6.42 Å². The number of hydrogen-bond donors (Lipinski definition) is 5. The summed E-state index contributed by atoms with van der Waals surface area (Å²) in [6.45, 7) is 0.989. The fraction of sp³-hybridized carbons (Fsp3) is 0.487. The van der Waals surface area contributed by atoms with E-state index in [1.807, 2.05) is 42.5 Å². The van der Waals surface area contributed by atoms with Crippen molar-refractivity contribution in [3.05, 3.63) is 71.1 Å². The van der Waals surface area contributed by atoms with E-state index in [1.165, 1.54) is 11.8 Å². The summed E-state index contributed by atoms with van der Waals surface area (Å²) < 4.78 is 16.1. The summed E-state index contributed by atoms with van der Waals surface area (Å²) in [7, 11) is 0. The van der Waals surface area contributed by atoms with Gasteiger partial charge in [0.05, 0.1) is 37.1 Å². The molecular formula is C39H49N3O9. The van der Waals surface area contributed by atoms with Crippen LogP contribution in [-0.2, 0) is 33.9 Å². The summed E-state index contributed by atoms with van der Waals surface area (Å²) >= 11 is 0. The van der Waals surface area contributed by atoms with Gasteiger partial charge in [0.2, 0.25) is 0 Å². The number of aliphatic hydroxyl groups is 3. The number of aromatic nitrogens is 1. The number of nitrogens with one attached hydrogen (secondary N) is 2. The second-order valence-corrected chi connectivity index (χ2v) is 12.5. The molecule has 12 nitrogen and oxygen atoms in total. The number of ether oxygens (including phenoxy) is 3. The van der Waals surface area contributed by atoms with Crippen LogP contribution in [0.25, 0.3) is 0 Å². The van der Waals surface area contributed by atoms with Crippen molar-refractivity contribution in [2.45, 2.75) is 96.2 Å². The molecule has 1 saturated carbocycles. The molecule has 1 aromatic heterocycles. The monoisotopic (exact) mass is 703 g/mol. The van der Waals surface area contributed by atoms with Crippen LogP contribution in [0.15, 0.2) is 48.7 Å². The minimum absolute atomic E-state index is 0.0263. The Hall–Kier alpha value is -4.88. The Bertz CT molecular complexity index is 1530. The van der Waals surface area contributed by atoms with Crippen LogP contribution in [0.4, 0.5) is 9.59 Å². The number of pyridine rings is 1. The number of carbonyl (C=O) groups excluding carboxylic acids is 3. The minimum atomic E-state index is -0.785. The Morgan fingerprint density at radius 2 is 1.65 bits per heavy atom. The Labute approximate surface area is 300 Å². The maximum atomic E-state index is 12.9. The molecule has 0 aliphatic heterocycles. The standard InChI is InChI=1S/C39H49N3O9/c1-4-21-40-38(47)49-25-29-24-42-27(3)37(33(29)26-50-39(48)41-22-5-2)51-36(46)16-12-7-6-11-15-31-32(35(45)23-34(31)44)20-19-30(43)18-17-28-13-9-8-10-14-28/h1-2,6,8-11,13-14,24,30-32,34-35,43-45H,7,12,15-23,25-26H2,3H3,(H,40,47)(H,41,48)/b11-6-/t30-,31+,32+,34-,35+/m0/s1. The summed E-state index contributed by atoms with van der Waals surface area (Å²) in [5, 5.41) is 36.6. The van der Waals surface area contributed by atoms with Gasteiger partial charge in [0, 0.05) is 23.7 Å². The van der Waals surface area contributed by atoms with E-state index in [-0.39, 0.29) is 50.3 Å². The number of aliphatic hydroxyl groups excluding tert-OH is 3. The quantitative estimate of drug-likeness (QED) is 0.0615. The zero-order chi connectivity index (χ0) is 37.0. The van der Waals surface area contributed by atoms with Gasteiger partial charge in [-0.15, -0.1) is 12.8 Å². The molecule has 1 aromatic carbocycles. The van der Waals surface area contributed by atoms with Crippen LogP contribution in [0, 0.1) is 43.4 Å². The number of esters is 1. The molecule has 0 bridgehead atoms. The molecule has 3 rings (SSSR count). The third-order valence-electron chi connectivity index (χ3n) is 8.79. The van der Waals surface area contributed by atoms with Gasteiger partial charge in [-0.1, -0.05) is 54.3 Å². The highest BCUT2D eigenvalue weighted by molar-refractivity contribution is 5.73. The Balaban J connectivity index is 1.51. The predicted octanol–water partition coefficient (Wildman–Crippen LogP) is 4.26. The lowest BCUT2D eigenvalue weighted by Gasteiger charge is -2.23. The maximum Gasteiger partial charge on any atom is 0.408 e. The van der Waals surface area contributed by atoms with Crippen molar-refractivity contribution in [3.63, 3.8) is 0 Å². The molecule has 12 heteroatoms. The number of nitrogens with zero attached hydrogens (tertiary/aromatic N) is 1. The van der Waals surface area contributed by atoms with Crippen molar-refractivity contribution >= 4 is 18.2 Å². The number of alkyl carbamates (subject to hydrolysis) is 2. The maximum absolute atomic E-state index is 12.9. The van der Waals surface area contributed by atoms with Crippen LogP contribution in [0.3, 0.4) is 0 Å². The van der Waals surface area contributed by atoms with Crippen LogP contribution in [0.2, 0.25) is 0 Å². The lowest BCUT2D eigenvalue weighted by molar-refractivity contribution is -0.134. The zero-order valence-electron chi connectivity index (χ0n) is 29.1. The molecule has 1 fully saturated rings. The minimum Gasteiger partial charge on any atom is -0.445 e. The fourth-order valence-corrected chi connectivity index (χ4v) is 6.04. The molecule has 5 N–H and O–H groups in total. The van der Waals surface area contributed by atoms with E-state index in [2.05, 4.69) is 27.5 Å². The summed E-state index contributed by atoms with van der Waals surface area (Å²) in [4.78, 5) is 41.2.